The molecule has 0 aliphatic heterocycles. The molecule has 4 rings (SSSR count). The van der Waals surface area contributed by atoms with Gasteiger partial charge >= 0.3 is 0 Å². The van der Waals surface area contributed by atoms with E-state index in [1.165, 1.54) is 28.8 Å². The first kappa shape index (κ1) is 13.0. The van der Waals surface area contributed by atoms with Crippen molar-refractivity contribution in [2.24, 2.45) is 11.7 Å². The van der Waals surface area contributed by atoms with Gasteiger partial charge in [0, 0.05) is 17.3 Å². The lowest BCUT2D eigenvalue weighted by Gasteiger charge is -2.31. The second-order valence-electron chi connectivity index (χ2n) is 6.39. The van der Waals surface area contributed by atoms with Gasteiger partial charge in [0.25, 0.3) is 0 Å². The maximum Gasteiger partial charge on any atom is 0.136 e. The third-order valence-corrected chi connectivity index (χ3v) is 5.10. The van der Waals surface area contributed by atoms with Crippen molar-refractivity contribution >= 4 is 0 Å². The predicted octanol–water partition coefficient (Wildman–Crippen LogP) is 2.54. The summed E-state index contributed by atoms with van der Waals surface area (Å²) in [5.74, 6) is 2.03. The van der Waals surface area contributed by atoms with Crippen molar-refractivity contribution < 1.29 is 0 Å². The predicted molar refractivity (Wildman–Crippen MR) is 83.3 cm³/mol. The second kappa shape index (κ2) is 4.92. The van der Waals surface area contributed by atoms with Crippen LogP contribution < -0.4 is 5.73 Å². The standard InChI is InChI=1S/C18H21N3/c1-11-15-8-12(10-19)6-7-17(15)21-18(20-11)16-9-13-4-2-3-5-14(13)16/h2-5,12,16H,6-10,19H2,1H3. The molecule has 108 valence electrons. The Hall–Kier alpha value is -1.74. The lowest BCUT2D eigenvalue weighted by atomic mass is 9.77. The molecule has 2 unspecified atom stereocenters. The van der Waals surface area contributed by atoms with Crippen molar-refractivity contribution in [3.63, 3.8) is 0 Å². The molecule has 2 aromatic rings. The van der Waals surface area contributed by atoms with Crippen molar-refractivity contribution in [2.75, 3.05) is 6.54 Å². The molecule has 21 heavy (non-hydrogen) atoms. The van der Waals surface area contributed by atoms with Crippen LogP contribution in [0.3, 0.4) is 0 Å². The first-order valence-electron chi connectivity index (χ1n) is 7.90. The highest BCUT2D eigenvalue weighted by atomic mass is 14.9. The van der Waals surface area contributed by atoms with E-state index in [1.54, 1.807) is 0 Å². The maximum absolute atomic E-state index is 5.83. The van der Waals surface area contributed by atoms with Crippen molar-refractivity contribution in [2.45, 2.75) is 38.5 Å². The first-order valence-corrected chi connectivity index (χ1v) is 7.90. The highest BCUT2D eigenvalue weighted by Gasteiger charge is 2.31. The number of nitrogens with two attached hydrogens (primary N) is 1. The van der Waals surface area contributed by atoms with Crippen LogP contribution in [-0.4, -0.2) is 16.5 Å². The Morgan fingerprint density at radius 1 is 1.19 bits per heavy atom. The molecular weight excluding hydrogens is 258 g/mol. The SMILES string of the molecule is Cc1nc(C2Cc3ccccc32)nc2c1CC(CN)CC2. The van der Waals surface area contributed by atoms with Gasteiger partial charge in [0.1, 0.15) is 5.82 Å². The van der Waals surface area contributed by atoms with Crippen LogP contribution in [0.5, 0.6) is 0 Å². The van der Waals surface area contributed by atoms with Gasteiger partial charge in [0.15, 0.2) is 0 Å². The molecule has 3 nitrogen and oxygen atoms in total. The average molecular weight is 279 g/mol. The minimum atomic E-state index is 0.400. The van der Waals surface area contributed by atoms with Gasteiger partial charge < -0.3 is 5.73 Å². The Bertz CT molecular complexity index is 693. The average Bonchev–Trinajstić information content (AvgIpc) is 2.48. The molecule has 0 bridgehead atoms. The summed E-state index contributed by atoms with van der Waals surface area (Å²) < 4.78 is 0. The number of benzene rings is 1. The number of rotatable bonds is 2. The molecule has 0 amide bonds. The molecule has 0 spiro atoms. The smallest absolute Gasteiger partial charge is 0.136 e. The normalized spacial score (nSPS) is 23.1. The van der Waals surface area contributed by atoms with Crippen LogP contribution in [0, 0.1) is 12.8 Å². The fourth-order valence-corrected chi connectivity index (χ4v) is 3.73. The van der Waals surface area contributed by atoms with Gasteiger partial charge in [-0.3, -0.25) is 0 Å². The van der Waals surface area contributed by atoms with E-state index in [0.717, 1.165) is 37.3 Å². The van der Waals surface area contributed by atoms with E-state index in [4.69, 9.17) is 15.7 Å². The molecule has 2 aliphatic rings. The number of fused-ring (bicyclic) bond motifs is 2. The molecular formula is C18H21N3. The molecule has 0 saturated heterocycles. The summed E-state index contributed by atoms with van der Waals surface area (Å²) in [6.07, 6.45) is 4.36. The van der Waals surface area contributed by atoms with Crippen molar-refractivity contribution in [3.8, 4) is 0 Å². The van der Waals surface area contributed by atoms with Crippen molar-refractivity contribution in [1.29, 1.82) is 0 Å². The Morgan fingerprint density at radius 3 is 2.86 bits per heavy atom. The number of hydrogen-bond acceptors (Lipinski definition) is 3. The molecule has 0 saturated carbocycles. The summed E-state index contributed by atoms with van der Waals surface area (Å²) >= 11 is 0. The summed E-state index contributed by atoms with van der Waals surface area (Å²) in [6.45, 7) is 2.91. The Morgan fingerprint density at radius 2 is 2.05 bits per heavy atom. The third kappa shape index (κ3) is 2.07. The van der Waals surface area contributed by atoms with Crippen LogP contribution in [0.1, 0.15) is 46.2 Å². The summed E-state index contributed by atoms with van der Waals surface area (Å²) in [4.78, 5) is 9.74. The van der Waals surface area contributed by atoms with E-state index in [0.29, 0.717) is 11.8 Å². The van der Waals surface area contributed by atoms with Gasteiger partial charge in [-0.2, -0.15) is 0 Å². The van der Waals surface area contributed by atoms with Crippen LogP contribution in [-0.2, 0) is 19.3 Å². The van der Waals surface area contributed by atoms with Crippen molar-refractivity contribution in [3.05, 3.63) is 58.2 Å². The van der Waals surface area contributed by atoms with Gasteiger partial charge in [-0.05, 0) is 61.8 Å². The summed E-state index contributed by atoms with van der Waals surface area (Å²) in [7, 11) is 0. The zero-order chi connectivity index (χ0) is 14.4. The van der Waals surface area contributed by atoms with Crippen LogP contribution in [0.4, 0.5) is 0 Å². The molecule has 1 heterocycles. The Labute approximate surface area is 125 Å². The summed E-state index contributed by atoms with van der Waals surface area (Å²) in [6, 6.07) is 8.65. The number of aryl methyl sites for hydroxylation is 2. The Kier molecular flexibility index (Phi) is 3.03. The lowest BCUT2D eigenvalue weighted by Crippen LogP contribution is -2.26. The molecule has 0 radical (unpaired) electrons. The van der Waals surface area contributed by atoms with Crippen LogP contribution >= 0.6 is 0 Å². The number of nitrogens with zero attached hydrogens (tertiary/aromatic N) is 2. The van der Waals surface area contributed by atoms with E-state index in [9.17, 15) is 0 Å². The molecule has 2 aliphatic carbocycles. The zero-order valence-corrected chi connectivity index (χ0v) is 12.5. The quantitative estimate of drug-likeness (QED) is 0.919. The minimum Gasteiger partial charge on any atom is -0.330 e. The molecule has 1 aromatic heterocycles. The number of hydrogen-bond donors (Lipinski definition) is 1. The molecule has 2 N–H and O–H groups in total. The summed E-state index contributed by atoms with van der Waals surface area (Å²) in [5.41, 5.74) is 12.5. The highest BCUT2D eigenvalue weighted by molar-refractivity contribution is 5.44. The lowest BCUT2D eigenvalue weighted by molar-refractivity contribution is 0.456. The second-order valence-corrected chi connectivity index (χ2v) is 6.39. The molecule has 3 heteroatoms. The topological polar surface area (TPSA) is 51.8 Å². The summed E-state index contributed by atoms with van der Waals surface area (Å²) in [5, 5.41) is 0. The van der Waals surface area contributed by atoms with Crippen LogP contribution in [0.15, 0.2) is 24.3 Å². The van der Waals surface area contributed by atoms with Crippen molar-refractivity contribution in [1.82, 2.24) is 9.97 Å². The van der Waals surface area contributed by atoms with Gasteiger partial charge in [-0.1, -0.05) is 24.3 Å². The molecule has 2 atom stereocenters. The van der Waals surface area contributed by atoms with Gasteiger partial charge in [0.05, 0.1) is 0 Å². The van der Waals surface area contributed by atoms with E-state index in [2.05, 4.69) is 31.2 Å². The Balaban J connectivity index is 1.69. The van der Waals surface area contributed by atoms with Gasteiger partial charge in [-0.15, -0.1) is 0 Å². The maximum atomic E-state index is 5.83. The molecule has 1 aromatic carbocycles. The van der Waals surface area contributed by atoms with E-state index < -0.39 is 0 Å². The van der Waals surface area contributed by atoms with Crippen LogP contribution in [0.2, 0.25) is 0 Å². The largest absolute Gasteiger partial charge is 0.330 e. The van der Waals surface area contributed by atoms with Gasteiger partial charge in [0.2, 0.25) is 0 Å². The monoisotopic (exact) mass is 279 g/mol. The van der Waals surface area contributed by atoms with E-state index >= 15 is 0 Å². The fraction of sp³-hybridized carbons (Fsp3) is 0.444. The number of aromatic nitrogens is 2. The first-order chi connectivity index (χ1) is 10.3. The fourth-order valence-electron chi connectivity index (χ4n) is 3.73. The van der Waals surface area contributed by atoms with E-state index in [1.807, 2.05) is 0 Å². The third-order valence-electron chi connectivity index (χ3n) is 5.10. The molecule has 0 fully saturated rings. The highest BCUT2D eigenvalue weighted by Crippen LogP contribution is 2.39. The van der Waals surface area contributed by atoms with Gasteiger partial charge in [-0.25, -0.2) is 9.97 Å². The van der Waals surface area contributed by atoms with Crippen LogP contribution in [0.25, 0.3) is 0 Å². The van der Waals surface area contributed by atoms with E-state index in [-0.39, 0.29) is 0 Å². The zero-order valence-electron chi connectivity index (χ0n) is 12.5. The minimum absolute atomic E-state index is 0.400.